The number of nitrogens with zero attached hydrogens (tertiary/aromatic N) is 1. The minimum absolute atomic E-state index is 0.507. The van der Waals surface area contributed by atoms with Crippen LogP contribution in [0.4, 0.5) is 5.69 Å². The molecule has 0 aliphatic carbocycles. The van der Waals surface area contributed by atoms with E-state index in [1.54, 1.807) is 0 Å². The lowest BCUT2D eigenvalue weighted by Gasteiger charge is -2.30. The Balaban J connectivity index is 2.13. The molecule has 0 amide bonds. The fourth-order valence-electron chi connectivity index (χ4n) is 2.66. The third-order valence-electron chi connectivity index (χ3n) is 3.74. The highest BCUT2D eigenvalue weighted by molar-refractivity contribution is 5.60. The van der Waals surface area contributed by atoms with Gasteiger partial charge in [0, 0.05) is 25.7 Å². The zero-order valence-corrected chi connectivity index (χ0v) is 13.1. The highest BCUT2D eigenvalue weighted by atomic mass is 16.5. The van der Waals surface area contributed by atoms with E-state index in [2.05, 4.69) is 49.2 Å². The van der Waals surface area contributed by atoms with Crippen molar-refractivity contribution in [3.8, 4) is 5.75 Å². The third-order valence-corrected chi connectivity index (χ3v) is 3.74. The van der Waals surface area contributed by atoms with E-state index >= 15 is 0 Å². The second kappa shape index (κ2) is 7.53. The first-order valence-electron chi connectivity index (χ1n) is 7.94. The van der Waals surface area contributed by atoms with Crippen LogP contribution in [-0.2, 0) is 6.54 Å². The van der Waals surface area contributed by atoms with Crippen molar-refractivity contribution in [2.75, 3.05) is 24.6 Å². The molecule has 3 nitrogen and oxygen atoms in total. The van der Waals surface area contributed by atoms with E-state index < -0.39 is 0 Å². The van der Waals surface area contributed by atoms with Crippen LogP contribution in [0, 0.1) is 0 Å². The SMILES string of the molecule is CCOc1cc(CNC(C)C)ccc1N1CCCCC1. The molecule has 0 bridgehead atoms. The van der Waals surface area contributed by atoms with E-state index in [0.29, 0.717) is 6.04 Å². The van der Waals surface area contributed by atoms with Gasteiger partial charge in [0.1, 0.15) is 5.75 Å². The molecule has 0 spiro atoms. The maximum absolute atomic E-state index is 5.87. The summed E-state index contributed by atoms with van der Waals surface area (Å²) in [4.78, 5) is 2.47. The number of piperidine rings is 1. The number of nitrogens with one attached hydrogen (secondary N) is 1. The van der Waals surface area contributed by atoms with Crippen molar-refractivity contribution in [3.05, 3.63) is 23.8 Å². The van der Waals surface area contributed by atoms with Crippen molar-refractivity contribution in [3.63, 3.8) is 0 Å². The van der Waals surface area contributed by atoms with Crippen LogP contribution in [0.5, 0.6) is 5.75 Å². The number of hydrogen-bond donors (Lipinski definition) is 1. The minimum atomic E-state index is 0.507. The Kier molecular flexibility index (Phi) is 5.72. The summed E-state index contributed by atoms with van der Waals surface area (Å²) < 4.78 is 5.87. The van der Waals surface area contributed by atoms with Gasteiger partial charge in [-0.05, 0) is 43.9 Å². The number of benzene rings is 1. The summed E-state index contributed by atoms with van der Waals surface area (Å²) in [6.07, 6.45) is 3.95. The lowest BCUT2D eigenvalue weighted by atomic mass is 10.1. The van der Waals surface area contributed by atoms with E-state index in [-0.39, 0.29) is 0 Å². The van der Waals surface area contributed by atoms with Crippen molar-refractivity contribution in [1.82, 2.24) is 5.32 Å². The Bertz CT molecular complexity index is 411. The molecular formula is C17H28N2O. The Morgan fingerprint density at radius 1 is 1.20 bits per heavy atom. The molecule has 1 fully saturated rings. The highest BCUT2D eigenvalue weighted by Crippen LogP contribution is 2.31. The van der Waals surface area contributed by atoms with Gasteiger partial charge in [-0.15, -0.1) is 0 Å². The maximum atomic E-state index is 5.87. The van der Waals surface area contributed by atoms with Crippen LogP contribution >= 0.6 is 0 Å². The minimum Gasteiger partial charge on any atom is -0.492 e. The normalized spacial score (nSPS) is 15.7. The van der Waals surface area contributed by atoms with E-state index in [4.69, 9.17) is 4.74 Å². The van der Waals surface area contributed by atoms with Gasteiger partial charge in [0.05, 0.1) is 12.3 Å². The summed E-state index contributed by atoms with van der Waals surface area (Å²) in [6, 6.07) is 7.16. The molecule has 3 heteroatoms. The predicted molar refractivity (Wildman–Crippen MR) is 85.7 cm³/mol. The summed E-state index contributed by atoms with van der Waals surface area (Å²) in [5, 5.41) is 3.46. The summed E-state index contributed by atoms with van der Waals surface area (Å²) in [7, 11) is 0. The van der Waals surface area contributed by atoms with Gasteiger partial charge in [0.25, 0.3) is 0 Å². The summed E-state index contributed by atoms with van der Waals surface area (Å²) in [5.41, 5.74) is 2.56. The van der Waals surface area contributed by atoms with E-state index in [0.717, 1.165) is 32.0 Å². The molecule has 1 aliphatic heterocycles. The standard InChI is InChI=1S/C17H28N2O/c1-4-20-17-12-15(13-18-14(2)3)8-9-16(17)19-10-6-5-7-11-19/h8-9,12,14,18H,4-7,10-11,13H2,1-3H3. The molecule has 1 aliphatic rings. The molecule has 0 aromatic heterocycles. The predicted octanol–water partition coefficient (Wildman–Crippen LogP) is 3.57. The van der Waals surface area contributed by atoms with Crippen molar-refractivity contribution in [2.45, 2.75) is 52.6 Å². The number of ether oxygens (including phenoxy) is 1. The van der Waals surface area contributed by atoms with Crippen LogP contribution in [0.1, 0.15) is 45.6 Å². The van der Waals surface area contributed by atoms with Gasteiger partial charge in [-0.2, -0.15) is 0 Å². The largest absolute Gasteiger partial charge is 0.492 e. The molecule has 0 unspecified atom stereocenters. The van der Waals surface area contributed by atoms with Gasteiger partial charge in [-0.25, -0.2) is 0 Å². The van der Waals surface area contributed by atoms with Gasteiger partial charge < -0.3 is 15.0 Å². The Labute approximate surface area is 123 Å². The fourth-order valence-corrected chi connectivity index (χ4v) is 2.66. The molecule has 112 valence electrons. The van der Waals surface area contributed by atoms with Crippen molar-refractivity contribution in [2.24, 2.45) is 0 Å². The second-order valence-corrected chi connectivity index (χ2v) is 5.82. The molecular weight excluding hydrogens is 248 g/mol. The number of anilines is 1. The molecule has 20 heavy (non-hydrogen) atoms. The molecule has 0 atom stereocenters. The average Bonchev–Trinajstić information content (AvgIpc) is 2.46. The van der Waals surface area contributed by atoms with Gasteiger partial charge in [-0.3, -0.25) is 0 Å². The zero-order chi connectivity index (χ0) is 14.4. The first kappa shape index (κ1) is 15.2. The van der Waals surface area contributed by atoms with Crippen LogP contribution in [0.2, 0.25) is 0 Å². The molecule has 0 radical (unpaired) electrons. The maximum Gasteiger partial charge on any atom is 0.142 e. The van der Waals surface area contributed by atoms with Crippen molar-refractivity contribution < 1.29 is 4.74 Å². The lowest BCUT2D eigenvalue weighted by molar-refractivity contribution is 0.339. The number of hydrogen-bond acceptors (Lipinski definition) is 3. The van der Waals surface area contributed by atoms with E-state index in [9.17, 15) is 0 Å². The van der Waals surface area contributed by atoms with Gasteiger partial charge in [0.2, 0.25) is 0 Å². The van der Waals surface area contributed by atoms with Crippen LogP contribution in [-0.4, -0.2) is 25.7 Å². The first-order valence-corrected chi connectivity index (χ1v) is 7.94. The van der Waals surface area contributed by atoms with Crippen LogP contribution in [0.25, 0.3) is 0 Å². The Morgan fingerprint density at radius 2 is 1.95 bits per heavy atom. The summed E-state index contributed by atoms with van der Waals surface area (Å²) >= 11 is 0. The van der Waals surface area contributed by atoms with Crippen molar-refractivity contribution >= 4 is 5.69 Å². The molecule has 2 rings (SSSR count). The zero-order valence-electron chi connectivity index (χ0n) is 13.1. The van der Waals surface area contributed by atoms with Gasteiger partial charge >= 0.3 is 0 Å². The molecule has 1 aromatic carbocycles. The van der Waals surface area contributed by atoms with Crippen LogP contribution < -0.4 is 15.0 Å². The highest BCUT2D eigenvalue weighted by Gasteiger charge is 2.15. The van der Waals surface area contributed by atoms with Gasteiger partial charge in [0.15, 0.2) is 0 Å². The Hall–Kier alpha value is -1.22. The molecule has 1 aromatic rings. The quantitative estimate of drug-likeness (QED) is 0.859. The average molecular weight is 276 g/mol. The lowest BCUT2D eigenvalue weighted by Crippen LogP contribution is -2.30. The monoisotopic (exact) mass is 276 g/mol. The third kappa shape index (κ3) is 4.14. The molecule has 1 N–H and O–H groups in total. The van der Waals surface area contributed by atoms with Crippen LogP contribution in [0.15, 0.2) is 18.2 Å². The van der Waals surface area contributed by atoms with E-state index in [1.165, 1.54) is 30.5 Å². The number of rotatable bonds is 6. The second-order valence-electron chi connectivity index (χ2n) is 5.82. The van der Waals surface area contributed by atoms with Gasteiger partial charge in [-0.1, -0.05) is 19.9 Å². The molecule has 1 saturated heterocycles. The summed E-state index contributed by atoms with van der Waals surface area (Å²) in [5.74, 6) is 1.04. The van der Waals surface area contributed by atoms with Crippen molar-refractivity contribution in [1.29, 1.82) is 0 Å². The van der Waals surface area contributed by atoms with Crippen LogP contribution in [0.3, 0.4) is 0 Å². The smallest absolute Gasteiger partial charge is 0.142 e. The summed E-state index contributed by atoms with van der Waals surface area (Å²) in [6.45, 7) is 10.3. The van der Waals surface area contributed by atoms with E-state index in [1.807, 2.05) is 0 Å². The first-order chi connectivity index (χ1) is 9.70. The topological polar surface area (TPSA) is 24.5 Å². The fraction of sp³-hybridized carbons (Fsp3) is 0.647. The molecule has 1 heterocycles. The molecule has 0 saturated carbocycles. The Morgan fingerprint density at radius 3 is 2.60 bits per heavy atom.